The molecule has 0 saturated carbocycles. The van der Waals surface area contributed by atoms with Gasteiger partial charge in [0.2, 0.25) is 0 Å². The number of anilines is 1. The minimum absolute atomic E-state index is 0.0473. The SMILES string of the molecule is CC(=O)c1cc(C(=O)NC2CCN(c3ccc(C(F)(F)F)cn3)CC2)n(C)c1. The van der Waals surface area contributed by atoms with E-state index in [1.54, 1.807) is 23.9 Å². The van der Waals surface area contributed by atoms with Gasteiger partial charge in [-0.05, 0) is 38.0 Å². The lowest BCUT2D eigenvalue weighted by Crippen LogP contribution is -2.45. The number of alkyl halides is 3. The molecule has 0 spiro atoms. The van der Waals surface area contributed by atoms with Crippen molar-refractivity contribution in [2.45, 2.75) is 32.0 Å². The fourth-order valence-corrected chi connectivity index (χ4v) is 3.24. The predicted molar refractivity (Wildman–Crippen MR) is 97.4 cm³/mol. The summed E-state index contributed by atoms with van der Waals surface area (Å²) in [4.78, 5) is 29.7. The van der Waals surface area contributed by atoms with Gasteiger partial charge in [-0.2, -0.15) is 13.2 Å². The van der Waals surface area contributed by atoms with Crippen molar-refractivity contribution in [1.29, 1.82) is 0 Å². The van der Waals surface area contributed by atoms with Crippen LogP contribution in [-0.2, 0) is 13.2 Å². The largest absolute Gasteiger partial charge is 0.417 e. The van der Waals surface area contributed by atoms with E-state index in [-0.39, 0.29) is 17.7 Å². The minimum Gasteiger partial charge on any atom is -0.356 e. The highest BCUT2D eigenvalue weighted by Crippen LogP contribution is 2.29. The Bertz CT molecular complexity index is 866. The highest BCUT2D eigenvalue weighted by molar-refractivity contribution is 5.99. The summed E-state index contributed by atoms with van der Waals surface area (Å²) in [6, 6.07) is 3.92. The van der Waals surface area contributed by atoms with Gasteiger partial charge in [0.1, 0.15) is 11.5 Å². The first-order valence-corrected chi connectivity index (χ1v) is 8.91. The number of rotatable bonds is 4. The molecular formula is C19H21F3N4O2. The highest BCUT2D eigenvalue weighted by atomic mass is 19.4. The van der Waals surface area contributed by atoms with E-state index < -0.39 is 11.7 Å². The van der Waals surface area contributed by atoms with E-state index in [9.17, 15) is 22.8 Å². The van der Waals surface area contributed by atoms with Gasteiger partial charge in [-0.15, -0.1) is 0 Å². The molecule has 1 aliphatic rings. The number of hydrogen-bond acceptors (Lipinski definition) is 4. The van der Waals surface area contributed by atoms with Gasteiger partial charge in [-0.25, -0.2) is 4.98 Å². The molecule has 2 aromatic rings. The maximum Gasteiger partial charge on any atom is 0.417 e. The zero-order chi connectivity index (χ0) is 20.5. The summed E-state index contributed by atoms with van der Waals surface area (Å²) in [5.41, 5.74) is 0.124. The van der Waals surface area contributed by atoms with E-state index in [4.69, 9.17) is 0 Å². The smallest absolute Gasteiger partial charge is 0.356 e. The first-order valence-electron chi connectivity index (χ1n) is 8.91. The molecule has 0 atom stereocenters. The summed E-state index contributed by atoms with van der Waals surface area (Å²) < 4.78 is 39.5. The van der Waals surface area contributed by atoms with Crippen LogP contribution >= 0.6 is 0 Å². The van der Waals surface area contributed by atoms with Gasteiger partial charge in [0, 0.05) is 44.1 Å². The average molecular weight is 394 g/mol. The van der Waals surface area contributed by atoms with Gasteiger partial charge in [0.25, 0.3) is 5.91 Å². The van der Waals surface area contributed by atoms with Crippen LogP contribution in [0.3, 0.4) is 0 Å². The molecule has 0 aliphatic carbocycles. The Hall–Kier alpha value is -2.84. The molecule has 9 heteroatoms. The van der Waals surface area contributed by atoms with E-state index in [1.807, 2.05) is 4.90 Å². The molecule has 1 amide bonds. The number of hydrogen-bond donors (Lipinski definition) is 1. The van der Waals surface area contributed by atoms with Crippen molar-refractivity contribution < 1.29 is 22.8 Å². The first kappa shape index (κ1) is 19.9. The molecule has 3 heterocycles. The fourth-order valence-electron chi connectivity index (χ4n) is 3.24. The van der Waals surface area contributed by atoms with Crippen molar-refractivity contribution >= 4 is 17.5 Å². The number of halogens is 3. The maximum atomic E-state index is 12.6. The third-order valence-electron chi connectivity index (χ3n) is 4.87. The molecule has 1 saturated heterocycles. The van der Waals surface area contributed by atoms with E-state index in [2.05, 4.69) is 10.3 Å². The second-order valence-electron chi connectivity index (χ2n) is 6.92. The summed E-state index contributed by atoms with van der Waals surface area (Å²) in [6.07, 6.45) is -0.639. The molecule has 0 unspecified atom stereocenters. The van der Waals surface area contributed by atoms with Gasteiger partial charge >= 0.3 is 6.18 Å². The molecule has 6 nitrogen and oxygen atoms in total. The second kappa shape index (κ2) is 7.65. The van der Waals surface area contributed by atoms with Gasteiger partial charge in [0.05, 0.1) is 5.56 Å². The molecule has 150 valence electrons. The van der Waals surface area contributed by atoms with Crippen LogP contribution in [0.15, 0.2) is 30.6 Å². The topological polar surface area (TPSA) is 67.2 Å². The molecule has 3 rings (SSSR count). The van der Waals surface area contributed by atoms with Crippen molar-refractivity contribution in [3.63, 3.8) is 0 Å². The van der Waals surface area contributed by atoms with E-state index >= 15 is 0 Å². The molecule has 0 bridgehead atoms. The van der Waals surface area contributed by atoms with Crippen LogP contribution in [0.25, 0.3) is 0 Å². The van der Waals surface area contributed by atoms with Crippen LogP contribution in [0, 0.1) is 0 Å². The summed E-state index contributed by atoms with van der Waals surface area (Å²) >= 11 is 0. The number of carbonyl (C=O) groups is 2. The Labute approximate surface area is 160 Å². The number of aryl methyl sites for hydroxylation is 1. The number of pyridine rings is 1. The Morgan fingerprint density at radius 3 is 2.39 bits per heavy atom. The molecule has 1 aliphatic heterocycles. The number of Topliss-reactive ketones (excluding diaryl/α,β-unsaturated/α-hetero) is 1. The lowest BCUT2D eigenvalue weighted by molar-refractivity contribution is -0.137. The number of carbonyl (C=O) groups excluding carboxylic acids is 2. The van der Waals surface area contributed by atoms with Crippen molar-refractivity contribution in [2.24, 2.45) is 7.05 Å². The van der Waals surface area contributed by atoms with Crippen molar-refractivity contribution in [1.82, 2.24) is 14.9 Å². The number of aromatic nitrogens is 2. The van der Waals surface area contributed by atoms with Gasteiger partial charge in [-0.1, -0.05) is 0 Å². The average Bonchev–Trinajstić information content (AvgIpc) is 3.04. The fraction of sp³-hybridized carbons (Fsp3) is 0.421. The monoisotopic (exact) mass is 394 g/mol. The Morgan fingerprint density at radius 1 is 1.21 bits per heavy atom. The highest BCUT2D eigenvalue weighted by Gasteiger charge is 2.31. The zero-order valence-electron chi connectivity index (χ0n) is 15.6. The van der Waals surface area contributed by atoms with Crippen LogP contribution in [-0.4, -0.2) is 40.4 Å². The number of amides is 1. The van der Waals surface area contributed by atoms with Crippen LogP contribution in [0.1, 0.15) is 46.2 Å². The lowest BCUT2D eigenvalue weighted by Gasteiger charge is -2.33. The quantitative estimate of drug-likeness (QED) is 0.810. The maximum absolute atomic E-state index is 12.6. The van der Waals surface area contributed by atoms with Crippen LogP contribution < -0.4 is 10.2 Å². The Kier molecular flexibility index (Phi) is 5.44. The van der Waals surface area contributed by atoms with Gasteiger partial charge < -0.3 is 14.8 Å². The van der Waals surface area contributed by atoms with E-state index in [0.717, 1.165) is 12.3 Å². The molecular weight excluding hydrogens is 373 g/mol. The molecule has 1 N–H and O–H groups in total. The predicted octanol–water partition coefficient (Wildman–Crippen LogP) is 3.04. The summed E-state index contributed by atoms with van der Waals surface area (Å²) in [6.45, 7) is 2.60. The normalized spacial score (nSPS) is 15.5. The second-order valence-corrected chi connectivity index (χ2v) is 6.92. The Balaban J connectivity index is 1.57. The van der Waals surface area contributed by atoms with Crippen molar-refractivity contribution in [3.8, 4) is 0 Å². The molecule has 0 radical (unpaired) electrons. The molecule has 28 heavy (non-hydrogen) atoms. The van der Waals surface area contributed by atoms with Gasteiger partial charge in [0.15, 0.2) is 5.78 Å². The first-order chi connectivity index (χ1) is 13.1. The van der Waals surface area contributed by atoms with Crippen LogP contribution in [0.5, 0.6) is 0 Å². The Morgan fingerprint density at radius 2 is 1.89 bits per heavy atom. The molecule has 2 aromatic heterocycles. The van der Waals surface area contributed by atoms with Crippen LogP contribution in [0.2, 0.25) is 0 Å². The van der Waals surface area contributed by atoms with Crippen LogP contribution in [0.4, 0.5) is 19.0 Å². The molecule has 1 fully saturated rings. The summed E-state index contributed by atoms with van der Waals surface area (Å²) in [7, 11) is 1.71. The number of piperidine rings is 1. The third kappa shape index (κ3) is 4.35. The minimum atomic E-state index is -4.40. The number of nitrogens with one attached hydrogen (secondary N) is 1. The van der Waals surface area contributed by atoms with Gasteiger partial charge in [-0.3, -0.25) is 9.59 Å². The lowest BCUT2D eigenvalue weighted by atomic mass is 10.0. The summed E-state index contributed by atoms with van der Waals surface area (Å²) in [5.74, 6) is 0.138. The van der Waals surface area contributed by atoms with Crippen molar-refractivity contribution in [3.05, 3.63) is 47.4 Å². The van der Waals surface area contributed by atoms with Crippen molar-refractivity contribution in [2.75, 3.05) is 18.0 Å². The van der Waals surface area contributed by atoms with E-state index in [1.165, 1.54) is 13.0 Å². The number of nitrogens with zero attached hydrogens (tertiary/aromatic N) is 3. The third-order valence-corrected chi connectivity index (χ3v) is 4.87. The zero-order valence-corrected chi connectivity index (χ0v) is 15.6. The molecule has 0 aromatic carbocycles. The standard InChI is InChI=1S/C19H21F3N4O2/c1-12(27)13-9-16(25(2)11-13)18(28)24-15-5-7-26(8-6-15)17-4-3-14(10-23-17)19(20,21)22/h3-4,9-11,15H,5-8H2,1-2H3,(H,24,28). The number of ketones is 1. The summed E-state index contributed by atoms with van der Waals surface area (Å²) in [5, 5.41) is 2.96. The van der Waals surface area contributed by atoms with E-state index in [0.29, 0.717) is 43.0 Å².